The van der Waals surface area contributed by atoms with Gasteiger partial charge in [0.1, 0.15) is 42.3 Å². The van der Waals surface area contributed by atoms with Gasteiger partial charge in [-0.2, -0.15) is 0 Å². The second kappa shape index (κ2) is 24.4. The van der Waals surface area contributed by atoms with Gasteiger partial charge in [0.2, 0.25) is 41.4 Å². The Morgan fingerprint density at radius 2 is 1.32 bits per heavy atom. The minimum atomic E-state index is -1.62. The third kappa shape index (κ3) is 16.7. The number of nitrogens with two attached hydrogens (primary N) is 1. The fourth-order valence-electron chi connectivity index (χ4n) is 6.46. The Morgan fingerprint density at radius 3 is 1.90 bits per heavy atom. The lowest BCUT2D eigenvalue weighted by molar-refractivity contribution is -0.144. The molecule has 7 atom stereocenters. The fourth-order valence-corrected chi connectivity index (χ4v) is 6.46. The number of carboxylic acids is 2. The maximum Gasteiger partial charge on any atom is 0.326 e. The molecular formula is C40H62N8O11. The second-order valence-electron chi connectivity index (χ2n) is 15.6. The van der Waals surface area contributed by atoms with Crippen LogP contribution in [0.5, 0.6) is 0 Å². The van der Waals surface area contributed by atoms with Gasteiger partial charge in [-0.05, 0) is 76.3 Å². The number of nitrogens with one attached hydrogen (secondary N) is 6. The van der Waals surface area contributed by atoms with Crippen molar-refractivity contribution in [2.45, 2.75) is 135 Å². The molecule has 2 rings (SSSR count). The highest BCUT2D eigenvalue weighted by Crippen LogP contribution is 2.21. The summed E-state index contributed by atoms with van der Waals surface area (Å²) in [5.41, 5.74) is 6.17. The van der Waals surface area contributed by atoms with Crippen LogP contribution in [0.15, 0.2) is 30.3 Å². The van der Waals surface area contributed by atoms with Gasteiger partial charge in [0.05, 0.1) is 12.8 Å². The summed E-state index contributed by atoms with van der Waals surface area (Å²) < 4.78 is 0. The number of aliphatic carboxylic acids is 2. The summed E-state index contributed by atoms with van der Waals surface area (Å²) in [5.74, 6) is -8.22. The van der Waals surface area contributed by atoms with Crippen molar-refractivity contribution in [2.75, 3.05) is 13.1 Å². The first-order chi connectivity index (χ1) is 27.7. The van der Waals surface area contributed by atoms with Crippen LogP contribution in [-0.4, -0.2) is 124 Å². The predicted octanol–water partition coefficient (Wildman–Crippen LogP) is -0.441. The maximum atomic E-state index is 14.0. The van der Waals surface area contributed by atoms with Crippen molar-refractivity contribution in [3.05, 3.63) is 35.9 Å². The highest BCUT2D eigenvalue weighted by atomic mass is 16.4. The third-order valence-corrected chi connectivity index (χ3v) is 9.71. The molecule has 0 aromatic heterocycles. The van der Waals surface area contributed by atoms with Crippen LogP contribution in [0.2, 0.25) is 0 Å². The maximum absolute atomic E-state index is 14.0. The summed E-state index contributed by atoms with van der Waals surface area (Å²) in [6.07, 6.45) is 1.21. The normalized spacial score (nSPS) is 16.8. The number of hydrogen-bond donors (Lipinski definition) is 9. The smallest absolute Gasteiger partial charge is 0.326 e. The Hall–Kier alpha value is -5.59. The lowest BCUT2D eigenvalue weighted by atomic mass is 10.00. The first-order valence-corrected chi connectivity index (χ1v) is 20.1. The predicted molar refractivity (Wildman–Crippen MR) is 215 cm³/mol. The van der Waals surface area contributed by atoms with Crippen molar-refractivity contribution in [3.8, 4) is 0 Å². The van der Waals surface area contributed by atoms with Crippen molar-refractivity contribution in [1.82, 2.24) is 36.8 Å². The minimum absolute atomic E-state index is 0.00738. The molecule has 1 aromatic carbocycles. The van der Waals surface area contributed by atoms with E-state index in [0.29, 0.717) is 31.4 Å². The largest absolute Gasteiger partial charge is 0.481 e. The molecule has 0 saturated carbocycles. The average molecular weight is 831 g/mol. The molecule has 10 N–H and O–H groups in total. The zero-order valence-electron chi connectivity index (χ0n) is 34.7. The van der Waals surface area contributed by atoms with E-state index >= 15 is 0 Å². The van der Waals surface area contributed by atoms with Gasteiger partial charge in [0, 0.05) is 6.54 Å². The molecule has 59 heavy (non-hydrogen) atoms. The molecule has 7 amide bonds. The highest BCUT2D eigenvalue weighted by Gasteiger charge is 2.40. The number of hydrogen-bond acceptors (Lipinski definition) is 10. The summed E-state index contributed by atoms with van der Waals surface area (Å²) in [7, 11) is 0. The average Bonchev–Trinajstić information content (AvgIpc) is 3.66. The SMILES string of the molecule is CC(C)C[C@H](NC(=O)Cc1ccccc1)C(=O)N[C@@H](CC(=O)O)C(=O)N[C@H](C(=O)N1CCC[C@H]1C(=O)N[C@@H](C)C(=O)N[C@@H](C)C(=O)N[C@@H](CCCCN)C(=O)O)C(C)C. The van der Waals surface area contributed by atoms with Gasteiger partial charge in [-0.15, -0.1) is 0 Å². The van der Waals surface area contributed by atoms with E-state index in [-0.39, 0.29) is 38.1 Å². The third-order valence-electron chi connectivity index (χ3n) is 9.71. The van der Waals surface area contributed by atoms with E-state index in [1.54, 1.807) is 44.2 Å². The molecule has 19 nitrogen and oxygen atoms in total. The molecule has 0 aliphatic carbocycles. The number of carbonyl (C=O) groups excluding carboxylic acids is 7. The Bertz CT molecular complexity index is 1640. The standard InChI is InChI=1S/C40H62N8O11/c1-22(2)19-28(44-31(49)20-26-13-8-7-9-14-26)36(54)46-29(21-32(50)51)37(55)47-33(23(3)4)39(57)48-18-12-16-30(48)38(56)43-24(5)34(52)42-25(6)35(53)45-27(40(58)59)15-10-11-17-41/h7-9,13-14,22-25,27-30,33H,10-12,15-21,41H2,1-6H3,(H,42,52)(H,43,56)(H,44,49)(H,45,53)(H,46,54)(H,47,55)(H,50,51)(H,58,59)/t24-,25-,27-,28-,29-,30-,33-/m0/s1. The van der Waals surface area contributed by atoms with Crippen LogP contribution in [0, 0.1) is 11.8 Å². The number of unbranched alkanes of at least 4 members (excludes halogenated alkanes) is 1. The Labute approximate surface area is 344 Å². The Kier molecular flexibility index (Phi) is 20.5. The molecule has 0 radical (unpaired) electrons. The van der Waals surface area contributed by atoms with Crippen LogP contribution in [0.4, 0.5) is 0 Å². The van der Waals surface area contributed by atoms with Crippen molar-refractivity contribution < 1.29 is 53.4 Å². The van der Waals surface area contributed by atoms with Gasteiger partial charge in [-0.3, -0.25) is 38.4 Å². The molecule has 1 aliphatic rings. The van der Waals surface area contributed by atoms with Crippen LogP contribution >= 0.6 is 0 Å². The van der Waals surface area contributed by atoms with Gasteiger partial charge >= 0.3 is 11.9 Å². The summed E-state index contributed by atoms with van der Waals surface area (Å²) in [6.45, 7) is 10.2. The highest BCUT2D eigenvalue weighted by molar-refractivity contribution is 5.98. The monoisotopic (exact) mass is 830 g/mol. The van der Waals surface area contributed by atoms with E-state index in [2.05, 4.69) is 31.9 Å². The number of amides is 7. The van der Waals surface area contributed by atoms with E-state index in [0.717, 1.165) is 0 Å². The minimum Gasteiger partial charge on any atom is -0.481 e. The van der Waals surface area contributed by atoms with Crippen molar-refractivity contribution >= 4 is 53.3 Å². The number of nitrogens with zero attached hydrogens (tertiary/aromatic N) is 1. The number of rotatable bonds is 24. The molecule has 0 unspecified atom stereocenters. The molecule has 1 heterocycles. The van der Waals surface area contributed by atoms with E-state index in [1.165, 1.54) is 18.7 Å². The second-order valence-corrected chi connectivity index (χ2v) is 15.6. The van der Waals surface area contributed by atoms with E-state index in [9.17, 15) is 53.4 Å². The first-order valence-electron chi connectivity index (χ1n) is 20.1. The van der Waals surface area contributed by atoms with Gasteiger partial charge in [0.25, 0.3) is 0 Å². The summed E-state index contributed by atoms with van der Waals surface area (Å²) in [4.78, 5) is 118. The molecule has 1 fully saturated rings. The van der Waals surface area contributed by atoms with Gasteiger partial charge in [-0.1, -0.05) is 58.0 Å². The lowest BCUT2D eigenvalue weighted by Gasteiger charge is -2.32. The molecule has 19 heteroatoms. The quantitative estimate of drug-likeness (QED) is 0.0600. The first kappa shape index (κ1) is 49.6. The van der Waals surface area contributed by atoms with Gasteiger partial charge in [-0.25, -0.2) is 4.79 Å². The van der Waals surface area contributed by atoms with Gasteiger partial charge < -0.3 is 52.7 Å². The Morgan fingerprint density at radius 1 is 0.729 bits per heavy atom. The van der Waals surface area contributed by atoms with Crippen molar-refractivity contribution in [3.63, 3.8) is 0 Å². The molecule has 1 saturated heterocycles. The summed E-state index contributed by atoms with van der Waals surface area (Å²) in [5, 5.41) is 34.2. The molecule has 1 aromatic rings. The molecule has 0 spiro atoms. The number of likely N-dealkylation sites (tertiary alicyclic amines) is 1. The fraction of sp³-hybridized carbons (Fsp3) is 0.625. The van der Waals surface area contributed by atoms with E-state index in [4.69, 9.17) is 5.73 Å². The topological polar surface area (TPSA) is 296 Å². The number of carboxylic acid groups (broad SMARTS) is 2. The molecule has 328 valence electrons. The van der Waals surface area contributed by atoms with E-state index in [1.807, 2.05) is 13.8 Å². The van der Waals surface area contributed by atoms with Crippen LogP contribution in [0.1, 0.15) is 92.1 Å². The molecular weight excluding hydrogens is 768 g/mol. The summed E-state index contributed by atoms with van der Waals surface area (Å²) in [6, 6.07) is 0.376. The Balaban J connectivity index is 2.11. The summed E-state index contributed by atoms with van der Waals surface area (Å²) >= 11 is 0. The lowest BCUT2D eigenvalue weighted by Crippen LogP contribution is -2.60. The van der Waals surface area contributed by atoms with Crippen LogP contribution in [0.3, 0.4) is 0 Å². The molecule has 1 aliphatic heterocycles. The van der Waals surface area contributed by atoms with E-state index < -0.39 is 108 Å². The van der Waals surface area contributed by atoms with Gasteiger partial charge in [0.15, 0.2) is 0 Å². The van der Waals surface area contributed by atoms with Crippen molar-refractivity contribution in [2.24, 2.45) is 17.6 Å². The number of benzene rings is 1. The van der Waals surface area contributed by atoms with Crippen LogP contribution in [0.25, 0.3) is 0 Å². The van der Waals surface area contributed by atoms with Crippen LogP contribution in [-0.2, 0) is 49.6 Å². The number of carbonyl (C=O) groups is 9. The molecule has 0 bridgehead atoms. The van der Waals surface area contributed by atoms with Crippen molar-refractivity contribution in [1.29, 1.82) is 0 Å². The van der Waals surface area contributed by atoms with Crippen LogP contribution < -0.4 is 37.6 Å². The zero-order valence-corrected chi connectivity index (χ0v) is 34.7. The zero-order chi connectivity index (χ0) is 44.4.